The summed E-state index contributed by atoms with van der Waals surface area (Å²) >= 11 is 5.18. The highest BCUT2D eigenvalue weighted by Crippen LogP contribution is 2.43. The number of carbonyl (C=O) groups is 1. The summed E-state index contributed by atoms with van der Waals surface area (Å²) in [4.78, 5) is 15.5. The number of nitrogens with zero attached hydrogens (tertiary/aromatic N) is 2. The molecule has 1 atom stereocenters. The first-order chi connectivity index (χ1) is 9.59. The van der Waals surface area contributed by atoms with Gasteiger partial charge in [0.15, 0.2) is 5.69 Å². The lowest BCUT2D eigenvalue weighted by Gasteiger charge is -2.23. The summed E-state index contributed by atoms with van der Waals surface area (Å²) in [5.41, 5.74) is 1.54. The Kier molecular flexibility index (Phi) is 3.69. The molecule has 1 N–H and O–H groups in total. The second-order valence-corrected chi connectivity index (χ2v) is 6.95. The van der Waals surface area contributed by atoms with Crippen LogP contribution in [0.5, 0.6) is 0 Å². The van der Waals surface area contributed by atoms with E-state index in [2.05, 4.69) is 26.1 Å². The summed E-state index contributed by atoms with van der Waals surface area (Å²) < 4.78 is 0.829. The first kappa shape index (κ1) is 13.8. The molecule has 1 aliphatic carbocycles. The van der Waals surface area contributed by atoms with E-state index in [-0.39, 0.29) is 11.9 Å². The van der Waals surface area contributed by atoms with E-state index in [9.17, 15) is 4.79 Å². The van der Waals surface area contributed by atoms with Gasteiger partial charge >= 0.3 is 0 Å². The van der Waals surface area contributed by atoms with Crippen molar-refractivity contribution in [3.05, 3.63) is 38.3 Å². The molecule has 0 saturated heterocycles. The van der Waals surface area contributed by atoms with E-state index in [0.717, 1.165) is 10.2 Å². The number of rotatable bonds is 4. The molecule has 3 rings (SSSR count). The number of hydrogen-bond acceptors (Lipinski definition) is 3. The maximum Gasteiger partial charge on any atom is 0.275 e. The normalized spacial score (nSPS) is 16.1. The van der Waals surface area contributed by atoms with E-state index in [1.54, 1.807) is 16.2 Å². The predicted octanol–water partition coefficient (Wildman–Crippen LogP) is 3.94. The second kappa shape index (κ2) is 5.33. The predicted molar refractivity (Wildman–Crippen MR) is 83.1 cm³/mol. The van der Waals surface area contributed by atoms with Gasteiger partial charge in [0, 0.05) is 17.8 Å². The Hall–Kier alpha value is -1.14. The maximum atomic E-state index is 12.6. The highest BCUT2D eigenvalue weighted by atomic mass is 79.9. The molecule has 0 bridgehead atoms. The Balaban J connectivity index is 1.81. The molecule has 0 aliphatic heterocycles. The molecule has 2 aromatic heterocycles. The lowest BCUT2D eigenvalue weighted by Crippen LogP contribution is -2.29. The van der Waals surface area contributed by atoms with Crippen molar-refractivity contribution < 1.29 is 4.79 Å². The smallest absolute Gasteiger partial charge is 0.275 e. The van der Waals surface area contributed by atoms with Gasteiger partial charge in [-0.2, -0.15) is 5.10 Å². The molecule has 1 fully saturated rings. The molecule has 0 spiro atoms. The topological polar surface area (TPSA) is 49.0 Å². The zero-order valence-corrected chi connectivity index (χ0v) is 13.8. The first-order valence-corrected chi connectivity index (χ1v) is 8.31. The van der Waals surface area contributed by atoms with Gasteiger partial charge in [0.1, 0.15) is 0 Å². The molecule has 2 heterocycles. The number of aromatic nitrogens is 2. The van der Waals surface area contributed by atoms with Crippen molar-refractivity contribution in [2.75, 3.05) is 7.05 Å². The zero-order chi connectivity index (χ0) is 14.3. The number of halogens is 1. The van der Waals surface area contributed by atoms with E-state index in [0.29, 0.717) is 11.6 Å². The van der Waals surface area contributed by atoms with Crippen molar-refractivity contribution in [1.29, 1.82) is 0 Å². The summed E-state index contributed by atoms with van der Waals surface area (Å²) in [7, 11) is 1.82. The molecule has 1 unspecified atom stereocenters. The van der Waals surface area contributed by atoms with Gasteiger partial charge in [0.05, 0.1) is 16.2 Å². The molecule has 1 amide bonds. The summed E-state index contributed by atoms with van der Waals surface area (Å²) in [6.07, 6.45) is 2.35. The molecule has 6 heteroatoms. The monoisotopic (exact) mass is 353 g/mol. The third-order valence-corrected chi connectivity index (χ3v) is 5.62. The molecular weight excluding hydrogens is 338 g/mol. The van der Waals surface area contributed by atoms with Gasteiger partial charge in [-0.05, 0) is 47.1 Å². The van der Waals surface area contributed by atoms with E-state index in [1.165, 1.54) is 17.7 Å². The number of nitrogens with one attached hydrogen (secondary N) is 1. The summed E-state index contributed by atoms with van der Waals surface area (Å²) in [5, 5.41) is 9.23. The van der Waals surface area contributed by atoms with Crippen molar-refractivity contribution in [3.8, 4) is 0 Å². The average Bonchev–Trinajstić information content (AvgIpc) is 3.00. The number of H-pyrrole nitrogens is 1. The minimum absolute atomic E-state index is 0.0514. The number of hydrogen-bond donors (Lipinski definition) is 1. The lowest BCUT2D eigenvalue weighted by molar-refractivity contribution is 0.0738. The van der Waals surface area contributed by atoms with Crippen molar-refractivity contribution in [1.82, 2.24) is 15.1 Å². The fourth-order valence-electron chi connectivity index (χ4n) is 2.19. The van der Waals surface area contributed by atoms with Crippen LogP contribution < -0.4 is 0 Å². The minimum Gasteiger partial charge on any atom is -0.333 e. The largest absolute Gasteiger partial charge is 0.333 e. The van der Waals surface area contributed by atoms with Gasteiger partial charge in [-0.1, -0.05) is 6.07 Å². The van der Waals surface area contributed by atoms with Crippen LogP contribution in [0.15, 0.2) is 22.0 Å². The summed E-state index contributed by atoms with van der Waals surface area (Å²) in [5.74, 6) is 0.486. The highest BCUT2D eigenvalue weighted by molar-refractivity contribution is 9.10. The molecule has 1 aliphatic rings. The van der Waals surface area contributed by atoms with Crippen LogP contribution in [0.25, 0.3) is 0 Å². The third kappa shape index (κ3) is 2.42. The van der Waals surface area contributed by atoms with E-state index < -0.39 is 0 Å². The Morgan fingerprint density at radius 3 is 2.95 bits per heavy atom. The van der Waals surface area contributed by atoms with Gasteiger partial charge in [0.2, 0.25) is 0 Å². The fourth-order valence-corrected chi connectivity index (χ4v) is 3.69. The summed E-state index contributed by atoms with van der Waals surface area (Å²) in [6.45, 7) is 2.03. The van der Waals surface area contributed by atoms with Crippen LogP contribution in [0.3, 0.4) is 0 Å². The Bertz CT molecular complexity index is 618. The van der Waals surface area contributed by atoms with Gasteiger partial charge in [-0.3, -0.25) is 9.89 Å². The van der Waals surface area contributed by atoms with Gasteiger partial charge in [-0.25, -0.2) is 0 Å². The van der Waals surface area contributed by atoms with Crippen LogP contribution in [0, 0.1) is 0 Å². The molecule has 106 valence electrons. The van der Waals surface area contributed by atoms with Crippen molar-refractivity contribution in [2.45, 2.75) is 31.7 Å². The number of thiophene rings is 1. The van der Waals surface area contributed by atoms with Crippen LogP contribution in [0.2, 0.25) is 0 Å². The van der Waals surface area contributed by atoms with Crippen molar-refractivity contribution in [3.63, 3.8) is 0 Å². The molecule has 4 nitrogen and oxygen atoms in total. The van der Waals surface area contributed by atoms with Crippen molar-refractivity contribution >= 4 is 33.2 Å². The fraction of sp³-hybridized carbons (Fsp3) is 0.429. The first-order valence-electron chi connectivity index (χ1n) is 6.64. The van der Waals surface area contributed by atoms with E-state index in [1.807, 2.05) is 31.5 Å². The van der Waals surface area contributed by atoms with E-state index >= 15 is 0 Å². The molecule has 1 saturated carbocycles. The SMILES string of the molecule is CC(c1cccs1)N(C)C(=O)c1n[nH]c(C2CC2)c1Br. The van der Waals surface area contributed by atoms with Crippen LogP contribution >= 0.6 is 27.3 Å². The molecule has 0 aromatic carbocycles. The number of aromatic amines is 1. The van der Waals surface area contributed by atoms with Crippen molar-refractivity contribution in [2.24, 2.45) is 0 Å². The highest BCUT2D eigenvalue weighted by Gasteiger charge is 2.32. The van der Waals surface area contributed by atoms with Crippen LogP contribution in [-0.4, -0.2) is 28.1 Å². The Labute approximate surface area is 130 Å². The van der Waals surface area contributed by atoms with Gasteiger partial charge in [0.25, 0.3) is 5.91 Å². The third-order valence-electron chi connectivity index (χ3n) is 3.78. The maximum absolute atomic E-state index is 12.6. The number of amides is 1. The quantitative estimate of drug-likeness (QED) is 0.904. The Morgan fingerprint density at radius 1 is 1.60 bits per heavy atom. The van der Waals surface area contributed by atoms with E-state index in [4.69, 9.17) is 0 Å². The molecular formula is C14H16BrN3OS. The Morgan fingerprint density at radius 2 is 2.35 bits per heavy atom. The molecule has 2 aromatic rings. The van der Waals surface area contributed by atoms with Crippen LogP contribution in [0.4, 0.5) is 0 Å². The average molecular weight is 354 g/mol. The van der Waals surface area contributed by atoms with Crippen LogP contribution in [0.1, 0.15) is 52.8 Å². The standard InChI is InChI=1S/C14H16BrN3OS/c1-8(10-4-3-7-20-10)18(2)14(19)13-11(15)12(16-17-13)9-5-6-9/h3-4,7-9H,5-6H2,1-2H3,(H,16,17). The summed E-state index contributed by atoms with van der Waals surface area (Å²) in [6, 6.07) is 4.11. The number of carbonyl (C=O) groups excluding carboxylic acids is 1. The molecule has 0 radical (unpaired) electrons. The van der Waals surface area contributed by atoms with Crippen LogP contribution in [-0.2, 0) is 0 Å². The lowest BCUT2D eigenvalue weighted by atomic mass is 10.2. The molecule has 20 heavy (non-hydrogen) atoms. The second-order valence-electron chi connectivity index (χ2n) is 5.18. The minimum atomic E-state index is -0.0547. The van der Waals surface area contributed by atoms with Gasteiger partial charge < -0.3 is 4.90 Å². The van der Waals surface area contributed by atoms with Gasteiger partial charge in [-0.15, -0.1) is 11.3 Å². The zero-order valence-electron chi connectivity index (χ0n) is 11.4.